The molecule has 1 heterocycles. The number of carboxylic acid groups (broad SMARTS) is 1. The number of imidazole rings is 1. The zero-order chi connectivity index (χ0) is 10.1. The van der Waals surface area contributed by atoms with E-state index in [0.717, 1.165) is 5.52 Å². The maximum absolute atomic E-state index is 10.7. The van der Waals surface area contributed by atoms with Crippen LogP contribution in [0.5, 0.6) is 0 Å². The van der Waals surface area contributed by atoms with E-state index in [0.29, 0.717) is 5.52 Å². The van der Waals surface area contributed by atoms with Crippen molar-refractivity contribution in [2.75, 3.05) is 6.26 Å². The van der Waals surface area contributed by atoms with Crippen molar-refractivity contribution in [1.82, 2.24) is 8.96 Å². The number of carboxylic acids is 1. The molecule has 14 heavy (non-hydrogen) atoms. The Morgan fingerprint density at radius 1 is 1.57 bits per heavy atom. The van der Waals surface area contributed by atoms with Crippen molar-refractivity contribution in [2.45, 2.75) is 0 Å². The van der Waals surface area contributed by atoms with Gasteiger partial charge in [-0.25, -0.2) is 9.78 Å². The van der Waals surface area contributed by atoms with Gasteiger partial charge in [-0.3, -0.25) is 3.97 Å². The number of aromatic carboxylic acids is 1. The summed E-state index contributed by atoms with van der Waals surface area (Å²) in [5, 5.41) is 8.77. The Balaban J connectivity index is 2.63. The summed E-state index contributed by atoms with van der Waals surface area (Å²) in [6, 6.07) is 4.92. The van der Waals surface area contributed by atoms with Gasteiger partial charge in [0.05, 0.1) is 16.6 Å². The van der Waals surface area contributed by atoms with E-state index in [9.17, 15) is 4.79 Å². The molecule has 1 aromatic carbocycles. The Morgan fingerprint density at radius 2 is 2.36 bits per heavy atom. The van der Waals surface area contributed by atoms with Gasteiger partial charge in [0.1, 0.15) is 6.33 Å². The summed E-state index contributed by atoms with van der Waals surface area (Å²) in [6.45, 7) is 0. The number of rotatable bonds is 2. The molecule has 0 aliphatic carbocycles. The quantitative estimate of drug-likeness (QED) is 0.818. The lowest BCUT2D eigenvalue weighted by atomic mass is 10.2. The SMILES string of the molecule is CSn1cnc2cc(C(=O)O)ccc21. The van der Waals surface area contributed by atoms with Gasteiger partial charge in [-0.1, -0.05) is 0 Å². The highest BCUT2D eigenvalue weighted by Gasteiger charge is 2.06. The molecule has 72 valence electrons. The van der Waals surface area contributed by atoms with Crippen LogP contribution < -0.4 is 0 Å². The minimum absolute atomic E-state index is 0.267. The van der Waals surface area contributed by atoms with Crippen LogP contribution in [-0.2, 0) is 0 Å². The molecule has 0 spiro atoms. The van der Waals surface area contributed by atoms with E-state index in [2.05, 4.69) is 4.98 Å². The molecule has 0 amide bonds. The van der Waals surface area contributed by atoms with Gasteiger partial charge >= 0.3 is 5.97 Å². The molecule has 0 bridgehead atoms. The molecule has 0 radical (unpaired) electrons. The molecule has 4 nitrogen and oxygen atoms in total. The summed E-state index contributed by atoms with van der Waals surface area (Å²) in [5.41, 5.74) is 1.91. The summed E-state index contributed by atoms with van der Waals surface area (Å²) >= 11 is 1.53. The summed E-state index contributed by atoms with van der Waals surface area (Å²) in [4.78, 5) is 14.8. The third kappa shape index (κ3) is 1.35. The minimum Gasteiger partial charge on any atom is -0.478 e. The van der Waals surface area contributed by atoms with Crippen molar-refractivity contribution in [3.8, 4) is 0 Å². The van der Waals surface area contributed by atoms with Crippen LogP contribution in [0.15, 0.2) is 24.5 Å². The predicted octanol–water partition coefficient (Wildman–Crippen LogP) is 1.86. The van der Waals surface area contributed by atoms with Crippen LogP contribution >= 0.6 is 11.9 Å². The highest BCUT2D eigenvalue weighted by molar-refractivity contribution is 7.97. The van der Waals surface area contributed by atoms with E-state index >= 15 is 0 Å². The molecule has 1 N–H and O–H groups in total. The Bertz CT molecular complexity index is 493. The van der Waals surface area contributed by atoms with Crippen molar-refractivity contribution >= 4 is 29.0 Å². The van der Waals surface area contributed by atoms with Gasteiger partial charge in [-0.2, -0.15) is 0 Å². The molecule has 0 fully saturated rings. The Hall–Kier alpha value is -1.49. The summed E-state index contributed by atoms with van der Waals surface area (Å²) < 4.78 is 1.89. The molecule has 2 aromatic rings. The Labute approximate surface area is 84.7 Å². The van der Waals surface area contributed by atoms with Gasteiger partial charge in [-0.05, 0) is 30.1 Å². The fraction of sp³-hybridized carbons (Fsp3) is 0.111. The van der Waals surface area contributed by atoms with Gasteiger partial charge in [0.25, 0.3) is 0 Å². The molecular weight excluding hydrogens is 200 g/mol. The van der Waals surface area contributed by atoms with Crippen molar-refractivity contribution < 1.29 is 9.90 Å². The summed E-state index contributed by atoms with van der Waals surface area (Å²) in [6.07, 6.45) is 3.62. The smallest absolute Gasteiger partial charge is 0.335 e. The molecule has 0 atom stereocenters. The van der Waals surface area contributed by atoms with Crippen LogP contribution in [-0.4, -0.2) is 26.3 Å². The molecule has 2 rings (SSSR count). The zero-order valence-electron chi connectivity index (χ0n) is 7.47. The fourth-order valence-corrected chi connectivity index (χ4v) is 1.76. The first kappa shape index (κ1) is 9.08. The van der Waals surface area contributed by atoms with Crippen molar-refractivity contribution in [3.05, 3.63) is 30.1 Å². The van der Waals surface area contributed by atoms with E-state index in [4.69, 9.17) is 5.11 Å². The molecular formula is C9H8N2O2S. The number of fused-ring (bicyclic) bond motifs is 1. The van der Waals surface area contributed by atoms with Crippen LogP contribution in [0.25, 0.3) is 11.0 Å². The number of hydrogen-bond acceptors (Lipinski definition) is 3. The van der Waals surface area contributed by atoms with Gasteiger partial charge in [0, 0.05) is 6.26 Å². The number of aromatic nitrogens is 2. The van der Waals surface area contributed by atoms with Crippen molar-refractivity contribution in [1.29, 1.82) is 0 Å². The normalized spacial score (nSPS) is 10.6. The second-order valence-electron chi connectivity index (χ2n) is 2.76. The molecule has 0 saturated carbocycles. The molecule has 0 aliphatic heterocycles. The number of nitrogens with zero attached hydrogens (tertiary/aromatic N) is 2. The van der Waals surface area contributed by atoms with Gasteiger partial charge in [-0.15, -0.1) is 0 Å². The van der Waals surface area contributed by atoms with Crippen LogP contribution in [0, 0.1) is 0 Å². The largest absolute Gasteiger partial charge is 0.478 e. The predicted molar refractivity (Wildman–Crippen MR) is 55.6 cm³/mol. The number of benzene rings is 1. The molecule has 5 heteroatoms. The summed E-state index contributed by atoms with van der Waals surface area (Å²) in [5.74, 6) is -0.925. The Kier molecular flexibility index (Phi) is 2.17. The molecule has 0 saturated heterocycles. The second-order valence-corrected chi connectivity index (χ2v) is 3.52. The average Bonchev–Trinajstić information content (AvgIpc) is 2.59. The van der Waals surface area contributed by atoms with E-state index in [1.54, 1.807) is 24.5 Å². The minimum atomic E-state index is -0.925. The number of carbonyl (C=O) groups is 1. The lowest BCUT2D eigenvalue weighted by Crippen LogP contribution is -1.95. The average molecular weight is 208 g/mol. The molecule has 0 aliphatic rings. The zero-order valence-corrected chi connectivity index (χ0v) is 8.28. The van der Waals surface area contributed by atoms with Crippen molar-refractivity contribution in [3.63, 3.8) is 0 Å². The van der Waals surface area contributed by atoms with Gasteiger partial charge in [0.2, 0.25) is 0 Å². The van der Waals surface area contributed by atoms with Crippen LogP contribution in [0.3, 0.4) is 0 Å². The highest BCUT2D eigenvalue weighted by atomic mass is 32.2. The first-order chi connectivity index (χ1) is 6.72. The van der Waals surface area contributed by atoms with Gasteiger partial charge in [0.15, 0.2) is 0 Å². The number of hydrogen-bond donors (Lipinski definition) is 1. The summed E-state index contributed by atoms with van der Waals surface area (Å²) in [7, 11) is 0. The van der Waals surface area contributed by atoms with Crippen LogP contribution in [0.1, 0.15) is 10.4 Å². The lowest BCUT2D eigenvalue weighted by molar-refractivity contribution is 0.0697. The first-order valence-corrected chi connectivity index (χ1v) is 5.15. The fourth-order valence-electron chi connectivity index (χ4n) is 1.27. The van der Waals surface area contributed by atoms with E-state index in [1.165, 1.54) is 11.9 Å². The van der Waals surface area contributed by atoms with E-state index < -0.39 is 5.97 Å². The highest BCUT2D eigenvalue weighted by Crippen LogP contribution is 2.18. The van der Waals surface area contributed by atoms with E-state index in [1.807, 2.05) is 10.2 Å². The standard InChI is InChI=1S/C9H8N2O2S/c1-14-11-5-10-7-4-6(9(12)13)2-3-8(7)11/h2-5H,1H3,(H,12,13). The monoisotopic (exact) mass is 208 g/mol. The van der Waals surface area contributed by atoms with Crippen LogP contribution in [0.2, 0.25) is 0 Å². The lowest BCUT2D eigenvalue weighted by Gasteiger charge is -1.97. The molecule has 0 unspecified atom stereocenters. The Morgan fingerprint density at radius 3 is 3.00 bits per heavy atom. The third-order valence-corrected chi connectivity index (χ3v) is 2.64. The van der Waals surface area contributed by atoms with Crippen LogP contribution in [0.4, 0.5) is 0 Å². The maximum Gasteiger partial charge on any atom is 0.335 e. The van der Waals surface area contributed by atoms with Crippen molar-refractivity contribution in [2.24, 2.45) is 0 Å². The molecule has 1 aromatic heterocycles. The second kappa shape index (κ2) is 3.34. The first-order valence-electron chi connectivity index (χ1n) is 3.97. The maximum atomic E-state index is 10.7. The third-order valence-electron chi connectivity index (χ3n) is 1.96. The topological polar surface area (TPSA) is 55.1 Å². The van der Waals surface area contributed by atoms with E-state index in [-0.39, 0.29) is 5.56 Å². The van der Waals surface area contributed by atoms with Gasteiger partial charge < -0.3 is 5.11 Å².